The highest BCUT2D eigenvalue weighted by atomic mass is 19.4. The summed E-state index contributed by atoms with van der Waals surface area (Å²) in [4.78, 5) is 6.75. The predicted octanol–water partition coefficient (Wildman–Crippen LogP) is 6.54. The average Bonchev–Trinajstić information content (AvgIpc) is 3.55. The van der Waals surface area contributed by atoms with Gasteiger partial charge in [-0.2, -0.15) is 28.5 Å². The van der Waals surface area contributed by atoms with Gasteiger partial charge in [0.1, 0.15) is 0 Å². The SMILES string of the molecule is Cc1cc(-c2nc(-c3ccc(C(C)(C)C(F)(F)F)cc3)no2)nn1Cc1cccc(N2CCC(C#N)CC2)c1. The lowest BCUT2D eigenvalue weighted by molar-refractivity contribution is -0.180. The van der Waals surface area contributed by atoms with Gasteiger partial charge in [0.15, 0.2) is 5.69 Å². The van der Waals surface area contributed by atoms with Crippen LogP contribution >= 0.6 is 0 Å². The molecule has 0 atom stereocenters. The van der Waals surface area contributed by atoms with Crippen molar-refractivity contribution in [1.29, 1.82) is 5.26 Å². The number of halogens is 3. The number of hydrogen-bond donors (Lipinski definition) is 0. The third-order valence-corrected chi connectivity index (χ3v) is 7.49. The number of anilines is 1. The van der Waals surface area contributed by atoms with Gasteiger partial charge < -0.3 is 9.42 Å². The van der Waals surface area contributed by atoms with Gasteiger partial charge in [0.05, 0.1) is 18.0 Å². The van der Waals surface area contributed by atoms with E-state index >= 15 is 0 Å². The van der Waals surface area contributed by atoms with Crippen LogP contribution in [0.15, 0.2) is 59.1 Å². The Hall–Kier alpha value is -4.13. The molecular formula is C29H29F3N6O. The van der Waals surface area contributed by atoms with Crippen LogP contribution in [0.25, 0.3) is 23.0 Å². The highest BCUT2D eigenvalue weighted by molar-refractivity contribution is 5.59. The average molecular weight is 535 g/mol. The largest absolute Gasteiger partial charge is 0.397 e. The summed E-state index contributed by atoms with van der Waals surface area (Å²) in [6.45, 7) is 6.56. The molecule has 1 aliphatic rings. The van der Waals surface area contributed by atoms with Crippen molar-refractivity contribution >= 4 is 5.69 Å². The Morgan fingerprint density at radius 3 is 2.44 bits per heavy atom. The molecule has 0 saturated carbocycles. The smallest absolute Gasteiger partial charge is 0.371 e. The maximum atomic E-state index is 13.4. The number of rotatable bonds is 6. The van der Waals surface area contributed by atoms with Crippen LogP contribution in [0.1, 0.15) is 43.5 Å². The summed E-state index contributed by atoms with van der Waals surface area (Å²) >= 11 is 0. The van der Waals surface area contributed by atoms with E-state index in [1.165, 1.54) is 12.1 Å². The molecule has 0 aliphatic carbocycles. The zero-order valence-electron chi connectivity index (χ0n) is 22.0. The van der Waals surface area contributed by atoms with Crippen molar-refractivity contribution in [2.24, 2.45) is 5.92 Å². The molecule has 39 heavy (non-hydrogen) atoms. The quantitative estimate of drug-likeness (QED) is 0.279. The molecule has 10 heteroatoms. The summed E-state index contributed by atoms with van der Waals surface area (Å²) in [7, 11) is 0. The van der Waals surface area contributed by atoms with Gasteiger partial charge in [0.2, 0.25) is 5.82 Å². The number of aryl methyl sites for hydroxylation is 1. The van der Waals surface area contributed by atoms with Crippen molar-refractivity contribution in [3.8, 4) is 29.0 Å². The van der Waals surface area contributed by atoms with E-state index in [-0.39, 0.29) is 23.2 Å². The molecule has 202 valence electrons. The molecule has 2 aromatic heterocycles. The van der Waals surface area contributed by atoms with Gasteiger partial charge in [0.25, 0.3) is 5.89 Å². The second kappa shape index (κ2) is 10.2. The first-order chi connectivity index (χ1) is 18.5. The molecule has 0 N–H and O–H groups in total. The molecule has 0 amide bonds. The Morgan fingerprint density at radius 1 is 1.05 bits per heavy atom. The Labute approximate surface area is 224 Å². The maximum Gasteiger partial charge on any atom is 0.397 e. The Morgan fingerprint density at radius 2 is 1.77 bits per heavy atom. The number of nitriles is 1. The van der Waals surface area contributed by atoms with Gasteiger partial charge in [0, 0.05) is 36.0 Å². The lowest BCUT2D eigenvalue weighted by atomic mass is 9.83. The van der Waals surface area contributed by atoms with Gasteiger partial charge in [-0.1, -0.05) is 41.6 Å². The predicted molar refractivity (Wildman–Crippen MR) is 141 cm³/mol. The first kappa shape index (κ1) is 26.5. The van der Waals surface area contributed by atoms with Crippen LogP contribution in [0.5, 0.6) is 0 Å². The minimum absolute atomic E-state index is 0.140. The minimum Gasteiger partial charge on any atom is -0.371 e. The standard InChI is InChI=1S/C29H29F3N6O/c1-19-15-25(27-34-26(36-39-27)22-7-9-23(10-8-22)28(2,3)29(30,31)32)35-38(19)18-21-5-4-6-24(16-21)37-13-11-20(17-33)12-14-37/h4-10,15-16,20H,11-14,18H2,1-3H3. The van der Waals surface area contributed by atoms with E-state index < -0.39 is 11.6 Å². The molecule has 3 heterocycles. The third-order valence-electron chi connectivity index (χ3n) is 7.49. The summed E-state index contributed by atoms with van der Waals surface area (Å²) in [5, 5.41) is 17.8. The molecule has 5 rings (SSSR count). The van der Waals surface area contributed by atoms with Crippen LogP contribution in [0, 0.1) is 24.2 Å². The van der Waals surface area contributed by atoms with Crippen LogP contribution in [-0.4, -0.2) is 39.2 Å². The van der Waals surface area contributed by atoms with E-state index in [4.69, 9.17) is 9.78 Å². The number of nitrogens with zero attached hydrogens (tertiary/aromatic N) is 6. The van der Waals surface area contributed by atoms with Crippen LogP contribution in [-0.2, 0) is 12.0 Å². The monoisotopic (exact) mass is 534 g/mol. The second-order valence-electron chi connectivity index (χ2n) is 10.5. The number of hydrogen-bond acceptors (Lipinski definition) is 6. The van der Waals surface area contributed by atoms with Gasteiger partial charge in [-0.15, -0.1) is 0 Å². The Kier molecular flexibility index (Phi) is 6.93. The highest BCUT2D eigenvalue weighted by Crippen LogP contribution is 2.40. The molecule has 1 fully saturated rings. The van der Waals surface area contributed by atoms with E-state index in [1.807, 2.05) is 23.7 Å². The van der Waals surface area contributed by atoms with Gasteiger partial charge in [-0.3, -0.25) is 4.68 Å². The van der Waals surface area contributed by atoms with E-state index in [1.54, 1.807) is 12.1 Å². The van der Waals surface area contributed by atoms with Crippen molar-refractivity contribution < 1.29 is 17.7 Å². The Bertz CT molecular complexity index is 1490. The van der Waals surface area contributed by atoms with Crippen LogP contribution in [0.2, 0.25) is 0 Å². The van der Waals surface area contributed by atoms with Crippen molar-refractivity contribution in [3.63, 3.8) is 0 Å². The zero-order chi connectivity index (χ0) is 27.8. The molecule has 4 aromatic rings. The zero-order valence-corrected chi connectivity index (χ0v) is 22.0. The summed E-state index contributed by atoms with van der Waals surface area (Å²) in [6.07, 6.45) is -2.60. The van der Waals surface area contributed by atoms with Gasteiger partial charge in [-0.05, 0) is 62.9 Å². The minimum atomic E-state index is -4.36. The van der Waals surface area contributed by atoms with E-state index in [0.29, 0.717) is 17.8 Å². The van der Waals surface area contributed by atoms with Crippen molar-refractivity contribution in [2.75, 3.05) is 18.0 Å². The summed E-state index contributed by atoms with van der Waals surface area (Å²) < 4.78 is 47.4. The lowest BCUT2D eigenvalue weighted by Crippen LogP contribution is -2.36. The van der Waals surface area contributed by atoms with E-state index in [2.05, 4.69) is 44.4 Å². The maximum absolute atomic E-state index is 13.4. The van der Waals surface area contributed by atoms with Crippen LogP contribution < -0.4 is 4.90 Å². The number of piperidine rings is 1. The molecule has 0 radical (unpaired) electrons. The number of alkyl halides is 3. The molecule has 1 aliphatic heterocycles. The highest BCUT2D eigenvalue weighted by Gasteiger charge is 2.48. The van der Waals surface area contributed by atoms with Crippen molar-refractivity contribution in [3.05, 3.63) is 71.4 Å². The van der Waals surface area contributed by atoms with Crippen LogP contribution in [0.4, 0.5) is 18.9 Å². The summed E-state index contributed by atoms with van der Waals surface area (Å²) in [5.41, 5.74) is 2.43. The fourth-order valence-corrected chi connectivity index (χ4v) is 4.71. The number of aromatic nitrogens is 4. The fraction of sp³-hybridized carbons (Fsp3) is 0.379. The van der Waals surface area contributed by atoms with Crippen LogP contribution in [0.3, 0.4) is 0 Å². The topological polar surface area (TPSA) is 83.8 Å². The first-order valence-electron chi connectivity index (χ1n) is 12.8. The molecular weight excluding hydrogens is 505 g/mol. The summed E-state index contributed by atoms with van der Waals surface area (Å²) in [5.74, 6) is 0.655. The normalized spacial score (nSPS) is 14.9. The summed E-state index contributed by atoms with van der Waals surface area (Å²) in [6, 6.07) is 18.6. The fourth-order valence-electron chi connectivity index (χ4n) is 4.71. The molecule has 0 unspecified atom stereocenters. The second-order valence-corrected chi connectivity index (χ2v) is 10.5. The molecule has 2 aromatic carbocycles. The number of benzene rings is 2. The van der Waals surface area contributed by atoms with Crippen molar-refractivity contribution in [2.45, 2.75) is 51.7 Å². The molecule has 0 bridgehead atoms. The van der Waals surface area contributed by atoms with Crippen molar-refractivity contribution in [1.82, 2.24) is 19.9 Å². The van der Waals surface area contributed by atoms with Gasteiger partial charge >= 0.3 is 6.18 Å². The molecule has 0 spiro atoms. The molecule has 7 nitrogen and oxygen atoms in total. The first-order valence-corrected chi connectivity index (χ1v) is 12.8. The van der Waals surface area contributed by atoms with E-state index in [0.717, 1.165) is 56.7 Å². The van der Waals surface area contributed by atoms with E-state index in [9.17, 15) is 13.2 Å². The Balaban J connectivity index is 1.30. The third kappa shape index (κ3) is 5.39. The van der Waals surface area contributed by atoms with Gasteiger partial charge in [-0.25, -0.2) is 0 Å². The molecule has 1 saturated heterocycles. The lowest BCUT2D eigenvalue weighted by Gasteiger charge is -2.31.